The Morgan fingerprint density at radius 1 is 0.117 bits per heavy atom. The molecule has 3 nitrogen and oxygen atoms in total. The second-order valence-electron chi connectivity index (χ2n) is 29.8. The van der Waals surface area contributed by atoms with E-state index < -0.39 is 775 Å². The average Bonchev–Trinajstić information content (AvgIpc) is 1.56. The Hall–Kier alpha value is -18.0. The Balaban J connectivity index is 0.000000148. The molecular weight excluding hydrogens is 1660 g/mol. The summed E-state index contributed by atoms with van der Waals surface area (Å²) in [5, 5.41) is -17.3. The van der Waals surface area contributed by atoms with Crippen molar-refractivity contribution < 1.29 is 126 Å². The van der Waals surface area contributed by atoms with Crippen molar-refractivity contribution in [2.45, 2.75) is 0 Å². The molecule has 3 heteroatoms. The lowest BCUT2D eigenvalue weighted by molar-refractivity contribution is 0.669. The van der Waals surface area contributed by atoms with E-state index in [0.29, 0.717) is 0 Å². The van der Waals surface area contributed by atoms with Crippen molar-refractivity contribution in [1.82, 2.24) is 0 Å². The molecule has 636 valence electrons. The maximum atomic E-state index is 9.99. The summed E-state index contributed by atoms with van der Waals surface area (Å²) in [7, 11) is 0. The number of furan rings is 3. The number of rotatable bonds is 9. The van der Waals surface area contributed by atoms with Gasteiger partial charge in [-0.1, -0.05) is 429 Å². The van der Waals surface area contributed by atoms with Gasteiger partial charge >= 0.3 is 0 Å². The molecule has 0 N–H and O–H groups in total. The zero-order valence-electron chi connectivity index (χ0n) is 150. The van der Waals surface area contributed by atoms with E-state index in [0.717, 1.165) is 0 Å². The first kappa shape index (κ1) is 32.1. The predicted octanol–water partition coefficient (Wildman–Crippen LogP) is 38.4. The quantitative estimate of drug-likeness (QED) is 0.135. The maximum absolute atomic E-state index is 9.99. The predicted molar refractivity (Wildman–Crippen MR) is 583 cm³/mol. The van der Waals surface area contributed by atoms with Crippen LogP contribution in [0.4, 0.5) is 0 Å². The SMILES string of the molecule is [2H]c1c(-c2c3c([2H])c([2H])c([2H])c([2H])c3c(-c3c([2H])c([2H])c(-c4c([2H])c([2H])c5c([2H])c([2H])c([2H])c([2H])c5c4[2H])c4c([2H])c([2H])c([2H])c([2H])c34)c3c([2H])c([2H])c([2H])c([2H])c23)c([2H])c2c(oc3c([2H])c([2H])c4c([2H])c([2H])c([2H])c([2H])c4c32)c1[2H].[2H]c1c([2H])c([2H])c(-c2c([2H])c([2H])c(-c3c4c([2H])c([2H])c([2H])c([2H])c4c(-c4c([2H])c([2H])c5oc6c([2H])c([2H])c7c([2H])c([2H])c([2H])c([2H])c7c6c5c4[2H])c4c([2H])c([2H])c([2H])c([2H])c34)c([2H])c2[2H])c([2H])c1[2H].[2H]c1c([2H])c([2H])c(-c2c([2H])c([2H])c([2H])c(-c3c4c([2H])c([2H])c([2H])c([2H])c4c(-c4c([2H])c([2H])c5oc6c([2H])c([2H])c7c([2H])c([2H])c([2H])c([2H])c7c6c5c4[2H])c4c([2H])c([2H])c([2H])c([2H])c34)c2[2H])c([2H])c1[2H]. The largest absolute Gasteiger partial charge is 0.456 e. The Labute approximate surface area is 904 Å². The van der Waals surface area contributed by atoms with Crippen molar-refractivity contribution in [2.24, 2.45) is 0 Å². The number of hydrogen-bond acceptors (Lipinski definition) is 3. The summed E-state index contributed by atoms with van der Waals surface area (Å²) in [4.78, 5) is 0. The number of benzene rings is 26. The van der Waals surface area contributed by atoms with Crippen LogP contribution in [-0.4, -0.2) is 0 Å². The summed E-state index contributed by atoms with van der Waals surface area (Å²) in [6, 6.07) is -75.6. The van der Waals surface area contributed by atoms with Gasteiger partial charge in [0.25, 0.3) is 0 Å². The lowest BCUT2D eigenvalue weighted by Gasteiger charge is -2.20. The van der Waals surface area contributed by atoms with Crippen LogP contribution < -0.4 is 0 Å². The maximum Gasteiger partial charge on any atom is 0.136 e. The molecule has 0 saturated heterocycles. The standard InChI is InChI=1S/C50H30O.2C42H26O/c1-2-13-33-29-34(22-21-31(33)11-1)36-25-26-44(39-16-6-5-15-38(36)39)49-42-19-9-7-17-40(42)48(41-18-8-10-20-43(41)49)35-24-27-46-45(30-35)50-37-14-4-3-12-32(37)23-28-47(50)51-46;1-2-11-27(12-3-1)29-14-10-15-30(25-29)40-33-17-6-8-19-35(33)41(36-20-9-7-18-34(36)40)31-22-23-38-37(26-31)42-32-16-5-4-13-28(32)21-24-39(42)43-38;1-2-10-27(11-3-1)28-18-20-30(21-19-28)40-33-14-6-8-16-35(33)41(36-17-9-7-15-34(36)40)31-23-24-38-37(26-31)42-32-13-5-4-12-29(32)22-25-39(42)43-38/h1-30H;2*1-26H/i1D,2D,3D,4D,5D,6D,7D,8D,9D,10D,11D,12D,13D,14D,15D,16D,17D,18D,19D,20D,21D,22D,23D,24D,25D,26D,27D,28D,29D,30D;2*1D,2D,3D,4D,5D,6D,7D,8D,9D,10D,11D,12D,13D,14D,15D,16D,17D,18D,19D,20D,21D,22D,23D,24D,25D,26D. The third-order valence-electron chi connectivity index (χ3n) is 22.5. The average molecular weight is 1820 g/mol. The molecule has 0 amide bonds. The van der Waals surface area contributed by atoms with Gasteiger partial charge in [0.2, 0.25) is 0 Å². The normalized spacial score (nSPS) is 20.2. The van der Waals surface area contributed by atoms with Crippen LogP contribution in [-0.2, 0) is 0 Å². The van der Waals surface area contributed by atoms with Crippen LogP contribution in [0.5, 0.6) is 0 Å². The van der Waals surface area contributed by atoms with Gasteiger partial charge in [-0.25, -0.2) is 0 Å². The molecule has 0 radical (unpaired) electrons. The molecule has 3 heterocycles. The van der Waals surface area contributed by atoms with E-state index >= 15 is 0 Å². The van der Waals surface area contributed by atoms with Crippen molar-refractivity contribution in [3.05, 3.63) is 495 Å². The topological polar surface area (TPSA) is 39.4 Å². The van der Waals surface area contributed by atoms with E-state index in [2.05, 4.69) is 0 Å². The minimum Gasteiger partial charge on any atom is -0.456 e. The van der Waals surface area contributed by atoms with Crippen LogP contribution in [0.3, 0.4) is 0 Å². The van der Waals surface area contributed by atoms with Crippen LogP contribution in [0.25, 0.3) is 284 Å². The molecule has 0 aliphatic rings. The highest BCUT2D eigenvalue weighted by Gasteiger charge is 2.26. The molecule has 137 heavy (non-hydrogen) atoms. The highest BCUT2D eigenvalue weighted by Crippen LogP contribution is 2.53. The Morgan fingerprint density at radius 3 is 0.745 bits per heavy atom. The van der Waals surface area contributed by atoms with Crippen LogP contribution in [0.2, 0.25) is 0 Å². The fourth-order valence-electron chi connectivity index (χ4n) is 16.7. The van der Waals surface area contributed by atoms with Crippen LogP contribution in [0.15, 0.2) is 509 Å². The van der Waals surface area contributed by atoms with Crippen LogP contribution in [0, 0.1) is 0 Å². The first-order valence-corrected chi connectivity index (χ1v) is 40.5. The summed E-state index contributed by atoms with van der Waals surface area (Å²) in [5.41, 5.74) is -17.5. The van der Waals surface area contributed by atoms with Gasteiger partial charge in [0.05, 0.1) is 112 Å². The van der Waals surface area contributed by atoms with Gasteiger partial charge in [0, 0.05) is 32.3 Å². The number of fused-ring (bicyclic) bond motifs is 23. The fourth-order valence-corrected chi connectivity index (χ4v) is 16.7. The van der Waals surface area contributed by atoms with E-state index in [1.165, 1.54) is 0 Å². The molecule has 0 aliphatic heterocycles. The van der Waals surface area contributed by atoms with Gasteiger partial charge in [-0.05, 0) is 285 Å². The molecule has 0 fully saturated rings. The van der Waals surface area contributed by atoms with Crippen molar-refractivity contribution in [2.75, 3.05) is 0 Å². The third kappa shape index (κ3) is 13.2. The smallest absolute Gasteiger partial charge is 0.136 e. The van der Waals surface area contributed by atoms with Crippen molar-refractivity contribution in [3.63, 3.8) is 0 Å². The van der Waals surface area contributed by atoms with Crippen LogP contribution in [0.1, 0.15) is 112 Å². The fraction of sp³-hybridized carbons (Fsp3) is 0. The van der Waals surface area contributed by atoms with Crippen LogP contribution >= 0.6 is 0 Å². The minimum atomic E-state index is -1.14. The molecule has 0 bridgehead atoms. The van der Waals surface area contributed by atoms with E-state index in [-0.39, 0.29) is 5.39 Å². The van der Waals surface area contributed by atoms with Gasteiger partial charge in [-0.2, -0.15) is 0 Å². The first-order chi connectivity index (χ1) is 102. The van der Waals surface area contributed by atoms with E-state index in [4.69, 9.17) is 83.2 Å². The summed E-state index contributed by atoms with van der Waals surface area (Å²) in [6.07, 6.45) is 0. The summed E-state index contributed by atoms with van der Waals surface area (Å²) >= 11 is 0. The monoisotopic (exact) mass is 1820 g/mol. The summed E-state index contributed by atoms with van der Waals surface area (Å²) < 4.78 is 754. The highest BCUT2D eigenvalue weighted by atomic mass is 16.3. The molecule has 0 saturated carbocycles. The molecule has 29 rings (SSSR count). The first-order valence-electron chi connectivity index (χ1n) is 81.5. The van der Waals surface area contributed by atoms with Gasteiger partial charge in [0.15, 0.2) is 0 Å². The van der Waals surface area contributed by atoms with Gasteiger partial charge in [-0.3, -0.25) is 0 Å². The summed E-state index contributed by atoms with van der Waals surface area (Å²) in [6.45, 7) is 0. The molecule has 29 aromatic rings. The number of hydrogen-bond donors (Lipinski definition) is 0. The molecule has 0 atom stereocenters. The summed E-state index contributed by atoms with van der Waals surface area (Å²) in [5.74, 6) is 0. The lowest BCUT2D eigenvalue weighted by atomic mass is 9.83. The second-order valence-corrected chi connectivity index (χ2v) is 29.8. The third-order valence-corrected chi connectivity index (χ3v) is 22.5. The Morgan fingerprint density at radius 2 is 0.358 bits per heavy atom. The molecule has 0 unspecified atom stereocenters. The van der Waals surface area contributed by atoms with E-state index in [1.54, 1.807) is 0 Å². The van der Waals surface area contributed by atoms with Gasteiger partial charge < -0.3 is 13.3 Å². The molecular formula is C134H82O3. The lowest BCUT2D eigenvalue weighted by Crippen LogP contribution is -1.92. The minimum absolute atomic E-state index is 0.385. The van der Waals surface area contributed by atoms with Crippen molar-refractivity contribution >= 4 is 184 Å². The van der Waals surface area contributed by atoms with Gasteiger partial charge in [-0.15, -0.1) is 0 Å². The zero-order chi connectivity index (χ0) is 161. The molecule has 3 aromatic heterocycles. The molecule has 26 aromatic carbocycles. The molecule has 0 spiro atoms. The zero-order valence-corrected chi connectivity index (χ0v) is 68.2. The second kappa shape index (κ2) is 32.5. The Kier molecular flexibility index (Phi) is 7.62. The van der Waals surface area contributed by atoms with Crippen molar-refractivity contribution in [1.29, 1.82) is 0 Å². The highest BCUT2D eigenvalue weighted by molar-refractivity contribution is 6.29. The van der Waals surface area contributed by atoms with Crippen molar-refractivity contribution in [3.8, 4) is 100 Å². The molecule has 0 aliphatic carbocycles. The van der Waals surface area contributed by atoms with E-state index in [1.807, 2.05) is 0 Å². The van der Waals surface area contributed by atoms with Gasteiger partial charge in [0.1, 0.15) is 33.5 Å². The Bertz CT molecular complexity index is 15100. The van der Waals surface area contributed by atoms with E-state index in [9.17, 15) is 42.5 Å².